The van der Waals surface area contributed by atoms with Gasteiger partial charge in [-0.15, -0.1) is 10.2 Å². The summed E-state index contributed by atoms with van der Waals surface area (Å²) < 4.78 is 5.31. The van der Waals surface area contributed by atoms with Crippen molar-refractivity contribution in [3.63, 3.8) is 0 Å². The summed E-state index contributed by atoms with van der Waals surface area (Å²) in [6, 6.07) is 15.2. The summed E-state index contributed by atoms with van der Waals surface area (Å²) in [5.41, 5.74) is 3.81. The largest absolute Gasteiger partial charge is 0.464 e. The molecule has 1 N–H and O–H groups in total. The Morgan fingerprint density at radius 1 is 1.00 bits per heavy atom. The summed E-state index contributed by atoms with van der Waals surface area (Å²) in [7, 11) is 0. The molecule has 0 saturated heterocycles. The standard InChI is InChI=1S/C26H33N5O3.C2H6/c1-5-7-12-23(32)31(24(18(3)4)26(33)34-6-2)17-19-13-15-20(16-14-19)21-10-8-9-11-22(21)25-27-29-30-28-25;1-2/h8-11,13-16,18,24H,5-7,12,17H2,1-4H3,(H,27,28,29,30);1-2H3. The van der Waals surface area contributed by atoms with E-state index in [4.69, 9.17) is 4.74 Å². The summed E-state index contributed by atoms with van der Waals surface area (Å²) in [4.78, 5) is 27.6. The van der Waals surface area contributed by atoms with E-state index < -0.39 is 6.04 Å². The zero-order chi connectivity index (χ0) is 26.5. The highest BCUT2D eigenvalue weighted by molar-refractivity contribution is 5.85. The van der Waals surface area contributed by atoms with Gasteiger partial charge >= 0.3 is 5.97 Å². The van der Waals surface area contributed by atoms with Crippen LogP contribution in [0.25, 0.3) is 22.5 Å². The highest BCUT2D eigenvalue weighted by Gasteiger charge is 2.33. The van der Waals surface area contributed by atoms with Crippen LogP contribution in [-0.4, -0.2) is 50.0 Å². The van der Waals surface area contributed by atoms with Crippen molar-refractivity contribution < 1.29 is 14.3 Å². The Kier molecular flexibility index (Phi) is 11.8. The van der Waals surface area contributed by atoms with Crippen molar-refractivity contribution in [2.45, 2.75) is 73.4 Å². The van der Waals surface area contributed by atoms with Crippen molar-refractivity contribution >= 4 is 11.9 Å². The number of esters is 1. The molecule has 1 aromatic heterocycles. The molecule has 0 bridgehead atoms. The minimum atomic E-state index is -0.622. The van der Waals surface area contributed by atoms with E-state index in [1.165, 1.54) is 0 Å². The van der Waals surface area contributed by atoms with Crippen molar-refractivity contribution in [3.05, 3.63) is 54.1 Å². The van der Waals surface area contributed by atoms with Gasteiger partial charge in [0, 0.05) is 18.5 Å². The van der Waals surface area contributed by atoms with Gasteiger partial charge in [-0.25, -0.2) is 4.79 Å². The third kappa shape index (κ3) is 7.47. The normalized spacial score (nSPS) is 11.4. The number of nitrogens with one attached hydrogen (secondary N) is 1. The molecule has 194 valence electrons. The van der Waals surface area contributed by atoms with Crippen molar-refractivity contribution in [3.8, 4) is 22.5 Å². The van der Waals surface area contributed by atoms with Crippen LogP contribution in [0.5, 0.6) is 0 Å². The van der Waals surface area contributed by atoms with E-state index >= 15 is 0 Å². The number of hydrogen-bond acceptors (Lipinski definition) is 6. The van der Waals surface area contributed by atoms with Gasteiger partial charge in [0.25, 0.3) is 0 Å². The fourth-order valence-electron chi connectivity index (χ4n) is 3.99. The maximum absolute atomic E-state index is 13.1. The van der Waals surface area contributed by atoms with Crippen molar-refractivity contribution in [2.75, 3.05) is 6.61 Å². The summed E-state index contributed by atoms with van der Waals surface area (Å²) in [5, 5.41) is 14.4. The molecule has 0 aliphatic carbocycles. The fourth-order valence-corrected chi connectivity index (χ4v) is 3.99. The van der Waals surface area contributed by atoms with E-state index in [0.29, 0.717) is 18.8 Å². The van der Waals surface area contributed by atoms with Crippen LogP contribution in [0.2, 0.25) is 0 Å². The Morgan fingerprint density at radius 3 is 2.22 bits per heavy atom. The van der Waals surface area contributed by atoms with E-state index in [1.54, 1.807) is 11.8 Å². The van der Waals surface area contributed by atoms with Gasteiger partial charge in [-0.1, -0.05) is 89.6 Å². The van der Waals surface area contributed by atoms with Crippen molar-refractivity contribution in [1.82, 2.24) is 25.5 Å². The number of unbranched alkanes of at least 4 members (excludes halogenated alkanes) is 1. The number of carbonyl (C=O) groups excluding carboxylic acids is 2. The van der Waals surface area contributed by atoms with E-state index in [9.17, 15) is 9.59 Å². The zero-order valence-electron chi connectivity index (χ0n) is 22.3. The molecule has 8 heteroatoms. The molecule has 1 heterocycles. The number of carbonyl (C=O) groups is 2. The lowest BCUT2D eigenvalue weighted by Crippen LogP contribution is -2.48. The SMILES string of the molecule is CC.CCCCC(=O)N(Cc1ccc(-c2ccccc2-c2nn[nH]n2)cc1)C(C(=O)OCC)C(C)C. The van der Waals surface area contributed by atoms with Crippen LogP contribution >= 0.6 is 0 Å². The van der Waals surface area contributed by atoms with Gasteiger partial charge in [0.2, 0.25) is 11.7 Å². The molecule has 36 heavy (non-hydrogen) atoms. The first-order chi connectivity index (χ1) is 17.5. The molecule has 0 aliphatic rings. The van der Waals surface area contributed by atoms with Gasteiger partial charge in [-0.05, 0) is 41.2 Å². The number of aromatic amines is 1. The smallest absolute Gasteiger partial charge is 0.329 e. The molecule has 3 aromatic rings. The minimum absolute atomic E-state index is 0.0277. The lowest BCUT2D eigenvalue weighted by molar-refractivity contribution is -0.157. The molecule has 1 unspecified atom stereocenters. The highest BCUT2D eigenvalue weighted by atomic mass is 16.5. The second-order valence-electron chi connectivity index (χ2n) is 8.54. The van der Waals surface area contributed by atoms with Crippen molar-refractivity contribution in [1.29, 1.82) is 0 Å². The van der Waals surface area contributed by atoms with Gasteiger partial charge < -0.3 is 9.64 Å². The monoisotopic (exact) mass is 493 g/mol. The van der Waals surface area contributed by atoms with Gasteiger partial charge in [0.05, 0.1) is 6.61 Å². The number of tetrazole rings is 1. The third-order valence-electron chi connectivity index (χ3n) is 5.69. The molecule has 1 atom stereocenters. The van der Waals surface area contributed by atoms with Crippen molar-refractivity contribution in [2.24, 2.45) is 5.92 Å². The van der Waals surface area contributed by atoms with Gasteiger partial charge in [0.15, 0.2) is 0 Å². The molecular weight excluding hydrogens is 454 g/mol. The molecule has 0 radical (unpaired) electrons. The Bertz CT molecular complexity index is 1070. The van der Waals surface area contributed by atoms with Gasteiger partial charge in [-0.3, -0.25) is 4.79 Å². The number of hydrogen-bond donors (Lipinski definition) is 1. The Hall–Kier alpha value is -3.55. The van der Waals surface area contributed by atoms with Crippen LogP contribution < -0.4 is 0 Å². The van der Waals surface area contributed by atoms with E-state index in [2.05, 4.69) is 20.6 Å². The summed E-state index contributed by atoms with van der Waals surface area (Å²) in [6.07, 6.45) is 2.11. The quantitative estimate of drug-likeness (QED) is 0.346. The number of ether oxygens (including phenoxy) is 1. The Balaban J connectivity index is 0.00000222. The number of aromatic nitrogens is 4. The third-order valence-corrected chi connectivity index (χ3v) is 5.69. The van der Waals surface area contributed by atoms with Crippen LogP contribution in [-0.2, 0) is 20.9 Å². The number of nitrogens with zero attached hydrogens (tertiary/aromatic N) is 4. The maximum atomic E-state index is 13.1. The highest BCUT2D eigenvalue weighted by Crippen LogP contribution is 2.30. The van der Waals surface area contributed by atoms with Crippen LogP contribution in [0.1, 0.15) is 66.4 Å². The molecule has 0 fully saturated rings. The molecule has 0 saturated carbocycles. The topological polar surface area (TPSA) is 101 Å². The van der Waals surface area contributed by atoms with Crippen LogP contribution in [0.4, 0.5) is 0 Å². The predicted molar refractivity (Wildman–Crippen MR) is 142 cm³/mol. The van der Waals surface area contributed by atoms with Crippen LogP contribution in [0.15, 0.2) is 48.5 Å². The number of rotatable bonds is 11. The van der Waals surface area contributed by atoms with E-state index in [-0.39, 0.29) is 24.4 Å². The number of benzene rings is 2. The molecule has 2 aromatic carbocycles. The average Bonchev–Trinajstić information content (AvgIpc) is 3.43. The summed E-state index contributed by atoms with van der Waals surface area (Å²) >= 11 is 0. The first kappa shape index (κ1) is 28.7. The maximum Gasteiger partial charge on any atom is 0.329 e. The molecule has 8 nitrogen and oxygen atoms in total. The molecular formula is C28H39N5O3. The predicted octanol–water partition coefficient (Wildman–Crippen LogP) is 5.67. The first-order valence-electron chi connectivity index (χ1n) is 12.8. The molecule has 0 spiro atoms. The molecule has 3 rings (SSSR count). The lowest BCUT2D eigenvalue weighted by Gasteiger charge is -2.33. The second kappa shape index (κ2) is 14.8. The van der Waals surface area contributed by atoms with Crippen LogP contribution in [0.3, 0.4) is 0 Å². The second-order valence-corrected chi connectivity index (χ2v) is 8.54. The van der Waals surface area contributed by atoms with Gasteiger partial charge in [-0.2, -0.15) is 5.21 Å². The first-order valence-corrected chi connectivity index (χ1v) is 12.8. The molecule has 1 amide bonds. The minimum Gasteiger partial charge on any atom is -0.464 e. The van der Waals surface area contributed by atoms with E-state index in [0.717, 1.165) is 35.1 Å². The number of amides is 1. The van der Waals surface area contributed by atoms with E-state index in [1.807, 2.05) is 83.1 Å². The Labute approximate surface area is 214 Å². The molecule has 0 aliphatic heterocycles. The summed E-state index contributed by atoms with van der Waals surface area (Å²) in [5.74, 6) is 0.0838. The van der Waals surface area contributed by atoms with Gasteiger partial charge in [0.1, 0.15) is 6.04 Å². The van der Waals surface area contributed by atoms with Crippen LogP contribution in [0, 0.1) is 5.92 Å². The summed E-state index contributed by atoms with van der Waals surface area (Å²) in [6.45, 7) is 12.3. The Morgan fingerprint density at radius 2 is 1.67 bits per heavy atom. The zero-order valence-corrected chi connectivity index (χ0v) is 22.3. The fraction of sp³-hybridized carbons (Fsp3) is 0.464. The average molecular weight is 494 g/mol. The lowest BCUT2D eigenvalue weighted by atomic mass is 9.97. The number of H-pyrrole nitrogens is 1.